The number of anilines is 1. The summed E-state index contributed by atoms with van der Waals surface area (Å²) in [5, 5.41) is 9.24. The van der Waals surface area contributed by atoms with Crippen molar-refractivity contribution >= 4 is 17.6 Å². The second kappa shape index (κ2) is 6.40. The smallest absolute Gasteiger partial charge is 0.220 e. The van der Waals surface area contributed by atoms with Crippen LogP contribution >= 0.6 is 0 Å². The van der Waals surface area contributed by atoms with Gasteiger partial charge in [-0.25, -0.2) is 4.99 Å². The monoisotopic (exact) mass is 326 g/mol. The zero-order valence-electron chi connectivity index (χ0n) is 13.8. The summed E-state index contributed by atoms with van der Waals surface area (Å²) in [4.78, 5) is 10.7. The maximum Gasteiger partial charge on any atom is 0.220 e. The highest BCUT2D eigenvalue weighted by Gasteiger charge is 2.42. The number of rotatable bonds is 3. The molecule has 1 aliphatic carbocycles. The molecule has 1 aromatic rings. The fourth-order valence-corrected chi connectivity index (χ4v) is 3.51. The Bertz CT molecular complexity index is 727. The van der Waals surface area contributed by atoms with Crippen LogP contribution in [0.4, 0.5) is 5.69 Å². The third-order valence-corrected chi connectivity index (χ3v) is 4.50. The lowest BCUT2D eigenvalue weighted by atomic mass is 9.87. The SMILES string of the molecule is CCOc1cc(N2C(N)=NC(N)=NC23CCCCC3)ccc1C#N. The predicted molar refractivity (Wildman–Crippen MR) is 93.9 cm³/mol. The van der Waals surface area contributed by atoms with E-state index in [0.717, 1.165) is 31.4 Å². The molecule has 7 nitrogen and oxygen atoms in total. The average molecular weight is 326 g/mol. The quantitative estimate of drug-likeness (QED) is 0.882. The summed E-state index contributed by atoms with van der Waals surface area (Å²) in [7, 11) is 0. The van der Waals surface area contributed by atoms with Crippen molar-refractivity contribution in [2.75, 3.05) is 11.5 Å². The summed E-state index contributed by atoms with van der Waals surface area (Å²) >= 11 is 0. The minimum Gasteiger partial charge on any atom is -0.492 e. The van der Waals surface area contributed by atoms with Crippen LogP contribution in [-0.4, -0.2) is 24.2 Å². The van der Waals surface area contributed by atoms with Gasteiger partial charge in [-0.05, 0) is 44.7 Å². The lowest BCUT2D eigenvalue weighted by molar-refractivity contribution is 0.305. The highest BCUT2D eigenvalue weighted by Crippen LogP contribution is 2.40. The molecule has 1 spiro atoms. The highest BCUT2D eigenvalue weighted by molar-refractivity contribution is 6.05. The fourth-order valence-electron chi connectivity index (χ4n) is 3.51. The first kappa shape index (κ1) is 16.1. The molecule has 0 aromatic heterocycles. The standard InChI is InChI=1S/C17H22N6O/c1-2-24-14-10-13(7-6-12(14)11-18)23-16(20)21-15(19)22-17(23)8-4-3-5-9-17/h6-7,10H,2-5,8-9H2,1H3,(H4,19,20,21,22). The van der Waals surface area contributed by atoms with E-state index in [1.165, 1.54) is 6.42 Å². The van der Waals surface area contributed by atoms with Crippen LogP contribution in [0.5, 0.6) is 5.75 Å². The Morgan fingerprint density at radius 2 is 2.04 bits per heavy atom. The van der Waals surface area contributed by atoms with Gasteiger partial charge in [0.15, 0.2) is 0 Å². The zero-order valence-corrected chi connectivity index (χ0v) is 13.8. The molecular weight excluding hydrogens is 304 g/mol. The Morgan fingerprint density at radius 1 is 1.29 bits per heavy atom. The number of hydrogen-bond acceptors (Lipinski definition) is 7. The van der Waals surface area contributed by atoms with Crippen LogP contribution in [-0.2, 0) is 0 Å². The van der Waals surface area contributed by atoms with Gasteiger partial charge in [-0.15, -0.1) is 0 Å². The molecule has 7 heteroatoms. The van der Waals surface area contributed by atoms with Crippen LogP contribution in [0.3, 0.4) is 0 Å². The lowest BCUT2D eigenvalue weighted by Crippen LogP contribution is -2.58. The van der Waals surface area contributed by atoms with E-state index in [4.69, 9.17) is 16.2 Å². The molecule has 1 fully saturated rings. The first-order valence-corrected chi connectivity index (χ1v) is 8.26. The lowest BCUT2D eigenvalue weighted by Gasteiger charge is -2.45. The number of guanidine groups is 2. The average Bonchev–Trinajstić information content (AvgIpc) is 2.55. The van der Waals surface area contributed by atoms with Crippen molar-refractivity contribution in [1.82, 2.24) is 0 Å². The molecule has 0 radical (unpaired) electrons. The van der Waals surface area contributed by atoms with Gasteiger partial charge in [0.1, 0.15) is 17.5 Å². The maximum absolute atomic E-state index is 9.24. The zero-order chi connectivity index (χ0) is 17.2. The normalized spacial score (nSPS) is 19.4. The van der Waals surface area contributed by atoms with Crippen LogP contribution in [0, 0.1) is 11.3 Å². The first-order chi connectivity index (χ1) is 11.6. The Balaban J connectivity index is 2.07. The number of nitrogens with zero attached hydrogens (tertiary/aromatic N) is 4. The molecule has 1 saturated carbocycles. The Kier molecular flexibility index (Phi) is 4.30. The van der Waals surface area contributed by atoms with Gasteiger partial charge in [-0.1, -0.05) is 6.42 Å². The Hall–Kier alpha value is -2.75. The van der Waals surface area contributed by atoms with Crippen LogP contribution in [0.15, 0.2) is 28.2 Å². The molecule has 0 bridgehead atoms. The summed E-state index contributed by atoms with van der Waals surface area (Å²) in [5.74, 6) is 1.10. The number of nitrogens with two attached hydrogens (primary N) is 2. The maximum atomic E-state index is 9.24. The molecule has 1 aromatic carbocycles. The molecule has 0 saturated heterocycles. The fraction of sp³-hybridized carbons (Fsp3) is 0.471. The van der Waals surface area contributed by atoms with E-state index in [1.807, 2.05) is 24.0 Å². The largest absolute Gasteiger partial charge is 0.492 e. The van der Waals surface area contributed by atoms with Crippen molar-refractivity contribution in [3.05, 3.63) is 23.8 Å². The van der Waals surface area contributed by atoms with Crippen molar-refractivity contribution in [2.24, 2.45) is 21.5 Å². The molecule has 24 heavy (non-hydrogen) atoms. The van der Waals surface area contributed by atoms with E-state index in [2.05, 4.69) is 16.1 Å². The molecule has 4 N–H and O–H groups in total. The van der Waals surface area contributed by atoms with Gasteiger partial charge in [0.2, 0.25) is 11.9 Å². The summed E-state index contributed by atoms with van der Waals surface area (Å²) in [6, 6.07) is 7.58. The van der Waals surface area contributed by atoms with E-state index in [0.29, 0.717) is 23.9 Å². The summed E-state index contributed by atoms with van der Waals surface area (Å²) in [6.45, 7) is 2.37. The van der Waals surface area contributed by atoms with E-state index in [1.54, 1.807) is 6.07 Å². The molecule has 1 heterocycles. The molecule has 0 atom stereocenters. The van der Waals surface area contributed by atoms with Crippen LogP contribution in [0.1, 0.15) is 44.6 Å². The molecular formula is C17H22N6O. The second-order valence-corrected chi connectivity index (χ2v) is 6.04. The molecule has 2 aliphatic rings. The van der Waals surface area contributed by atoms with Crippen LogP contribution in [0.25, 0.3) is 0 Å². The number of benzene rings is 1. The van der Waals surface area contributed by atoms with E-state index in [-0.39, 0.29) is 5.96 Å². The van der Waals surface area contributed by atoms with Crippen LogP contribution < -0.4 is 21.1 Å². The van der Waals surface area contributed by atoms with Crippen molar-refractivity contribution in [1.29, 1.82) is 5.26 Å². The van der Waals surface area contributed by atoms with Crippen molar-refractivity contribution < 1.29 is 4.74 Å². The molecule has 1 aliphatic heterocycles. The van der Waals surface area contributed by atoms with Gasteiger partial charge >= 0.3 is 0 Å². The third-order valence-electron chi connectivity index (χ3n) is 4.50. The van der Waals surface area contributed by atoms with E-state index in [9.17, 15) is 5.26 Å². The van der Waals surface area contributed by atoms with Gasteiger partial charge in [0, 0.05) is 6.07 Å². The second-order valence-electron chi connectivity index (χ2n) is 6.04. The molecule has 0 amide bonds. The third kappa shape index (κ3) is 2.75. The summed E-state index contributed by atoms with van der Waals surface area (Å²) in [6.07, 6.45) is 5.05. The van der Waals surface area contributed by atoms with Gasteiger partial charge in [0.05, 0.1) is 17.9 Å². The highest BCUT2D eigenvalue weighted by atomic mass is 16.5. The molecule has 126 valence electrons. The van der Waals surface area contributed by atoms with E-state index >= 15 is 0 Å². The van der Waals surface area contributed by atoms with Crippen molar-refractivity contribution in [2.45, 2.75) is 44.7 Å². The van der Waals surface area contributed by atoms with Crippen molar-refractivity contribution in [3.63, 3.8) is 0 Å². The summed E-state index contributed by atoms with van der Waals surface area (Å²) < 4.78 is 5.60. The number of ether oxygens (including phenoxy) is 1. The molecule has 0 unspecified atom stereocenters. The number of nitriles is 1. The first-order valence-electron chi connectivity index (χ1n) is 8.26. The minimum absolute atomic E-state index is 0.226. The Labute approximate surface area is 141 Å². The topological polar surface area (TPSA) is 113 Å². The van der Waals surface area contributed by atoms with Crippen molar-refractivity contribution in [3.8, 4) is 11.8 Å². The minimum atomic E-state index is -0.494. The van der Waals surface area contributed by atoms with E-state index < -0.39 is 5.66 Å². The number of hydrogen-bond donors (Lipinski definition) is 2. The molecule has 3 rings (SSSR count). The summed E-state index contributed by atoms with van der Waals surface area (Å²) in [5.41, 5.74) is 12.9. The van der Waals surface area contributed by atoms with Crippen LogP contribution in [0.2, 0.25) is 0 Å². The Morgan fingerprint density at radius 3 is 2.71 bits per heavy atom. The van der Waals surface area contributed by atoms with Gasteiger partial charge in [-0.2, -0.15) is 10.3 Å². The number of aliphatic imine (C=N–C) groups is 2. The predicted octanol–water partition coefficient (Wildman–Crippen LogP) is 2.07. The van der Waals surface area contributed by atoms with Gasteiger partial charge in [0.25, 0.3) is 0 Å². The van der Waals surface area contributed by atoms with Gasteiger partial charge in [-0.3, -0.25) is 4.90 Å². The van der Waals surface area contributed by atoms with Gasteiger partial charge < -0.3 is 16.2 Å².